The molecule has 0 aromatic carbocycles. The zero-order valence-electron chi connectivity index (χ0n) is 19.0. The van der Waals surface area contributed by atoms with Crippen molar-refractivity contribution < 1.29 is 9.53 Å². The number of rotatable bonds is 8. The predicted molar refractivity (Wildman–Crippen MR) is 114 cm³/mol. The second kappa shape index (κ2) is 15.2. The smallest absolute Gasteiger partial charge is 0.237 e. The Morgan fingerprint density at radius 1 is 1.23 bits per heavy atom. The number of fused-ring (bicyclic) bond motifs is 1. The highest BCUT2D eigenvalue weighted by Crippen LogP contribution is 2.64. The molecule has 4 nitrogen and oxygen atoms in total. The third-order valence-corrected chi connectivity index (χ3v) is 4.83. The molecular formula is C22H46N2O2. The van der Waals surface area contributed by atoms with Gasteiger partial charge >= 0.3 is 0 Å². The highest BCUT2D eigenvalue weighted by Gasteiger charge is 2.68. The Bertz CT molecular complexity index is 369. The van der Waals surface area contributed by atoms with E-state index in [1.807, 2.05) is 47.6 Å². The molecule has 1 aliphatic carbocycles. The van der Waals surface area contributed by atoms with E-state index in [4.69, 9.17) is 4.74 Å². The summed E-state index contributed by atoms with van der Waals surface area (Å²) in [6.07, 6.45) is 3.67. The summed E-state index contributed by atoms with van der Waals surface area (Å²) in [5.74, 6) is 1.28. The van der Waals surface area contributed by atoms with Gasteiger partial charge in [0.05, 0.1) is 12.8 Å². The lowest BCUT2D eigenvalue weighted by atomic mass is 10.0. The van der Waals surface area contributed by atoms with Crippen LogP contribution >= 0.6 is 0 Å². The maximum atomic E-state index is 12.4. The Labute approximate surface area is 163 Å². The molecule has 1 heterocycles. The number of likely N-dealkylation sites (tertiary alicyclic amines) is 1. The summed E-state index contributed by atoms with van der Waals surface area (Å²) in [7, 11) is 0. The van der Waals surface area contributed by atoms with Crippen LogP contribution in [0.2, 0.25) is 0 Å². The van der Waals surface area contributed by atoms with Gasteiger partial charge in [0, 0.05) is 19.7 Å². The normalized spacial score (nSPS) is 24.4. The number of carbonyl (C=O) groups is 1. The SMILES string of the molecule is C=CCCNC(=O)[C@@H]1C2C(CN1COCCC)C2(C)C.CC.CC.CC. The summed E-state index contributed by atoms with van der Waals surface area (Å²) in [5.41, 5.74) is 0.307. The third kappa shape index (κ3) is 7.40. The van der Waals surface area contributed by atoms with Crippen molar-refractivity contribution in [1.82, 2.24) is 10.2 Å². The first-order valence-corrected chi connectivity index (χ1v) is 10.7. The molecule has 2 aliphatic rings. The van der Waals surface area contributed by atoms with Crippen LogP contribution in [0, 0.1) is 17.3 Å². The van der Waals surface area contributed by atoms with Gasteiger partial charge in [-0.2, -0.15) is 0 Å². The molecule has 0 bridgehead atoms. The van der Waals surface area contributed by atoms with E-state index in [-0.39, 0.29) is 11.9 Å². The van der Waals surface area contributed by atoms with Gasteiger partial charge in [0.15, 0.2) is 0 Å². The highest BCUT2D eigenvalue weighted by molar-refractivity contribution is 5.83. The first-order chi connectivity index (χ1) is 12.5. The summed E-state index contributed by atoms with van der Waals surface area (Å²) in [5, 5.41) is 3.03. The van der Waals surface area contributed by atoms with E-state index < -0.39 is 0 Å². The second-order valence-corrected chi connectivity index (χ2v) is 6.58. The van der Waals surface area contributed by atoms with Crippen molar-refractivity contribution in [3.63, 3.8) is 0 Å². The predicted octanol–water partition coefficient (Wildman–Crippen LogP) is 5.10. The number of piperidine rings is 1. The van der Waals surface area contributed by atoms with Gasteiger partial charge in [0.25, 0.3) is 0 Å². The minimum Gasteiger partial charge on any atom is -0.366 e. The number of carbonyl (C=O) groups excluding carboxylic acids is 1. The quantitative estimate of drug-likeness (QED) is 0.477. The Morgan fingerprint density at radius 3 is 2.31 bits per heavy atom. The molecule has 1 saturated heterocycles. The number of ether oxygens (including phenoxy) is 1. The molecule has 0 radical (unpaired) electrons. The van der Waals surface area contributed by atoms with Gasteiger partial charge in [-0.3, -0.25) is 9.69 Å². The van der Waals surface area contributed by atoms with Crippen LogP contribution in [0.15, 0.2) is 12.7 Å². The molecule has 1 amide bonds. The Balaban J connectivity index is 0. The van der Waals surface area contributed by atoms with Crippen LogP contribution in [-0.2, 0) is 9.53 Å². The molecule has 156 valence electrons. The molecule has 0 aromatic rings. The average Bonchev–Trinajstić information content (AvgIpc) is 3.02. The molecule has 1 N–H and O–H groups in total. The Morgan fingerprint density at radius 2 is 1.81 bits per heavy atom. The van der Waals surface area contributed by atoms with Crippen molar-refractivity contribution in [2.75, 3.05) is 26.4 Å². The van der Waals surface area contributed by atoms with Crippen LogP contribution in [-0.4, -0.2) is 43.3 Å². The summed E-state index contributed by atoms with van der Waals surface area (Å²) in [4.78, 5) is 14.7. The average molecular weight is 371 g/mol. The van der Waals surface area contributed by atoms with Crippen molar-refractivity contribution >= 4 is 5.91 Å². The van der Waals surface area contributed by atoms with Gasteiger partial charge in [-0.25, -0.2) is 0 Å². The number of nitrogens with zero attached hydrogens (tertiary/aromatic N) is 1. The molecule has 0 aromatic heterocycles. The van der Waals surface area contributed by atoms with E-state index in [9.17, 15) is 4.79 Å². The monoisotopic (exact) mass is 370 g/mol. The second-order valence-electron chi connectivity index (χ2n) is 6.58. The molecule has 4 heteroatoms. The van der Waals surface area contributed by atoms with Crippen LogP contribution in [0.1, 0.15) is 75.2 Å². The van der Waals surface area contributed by atoms with E-state index in [0.29, 0.717) is 30.5 Å². The molecule has 0 spiro atoms. The number of nitrogens with one attached hydrogen (secondary N) is 1. The van der Waals surface area contributed by atoms with Crippen LogP contribution < -0.4 is 5.32 Å². The molecule has 2 unspecified atom stereocenters. The molecule has 2 rings (SSSR count). The standard InChI is InChI=1S/C16H28N2O2.3C2H6/c1-5-7-8-17-15(19)14-13-12(16(13,3)4)10-18(14)11-20-9-6-2;3*1-2/h5,12-14H,1,6-11H2,2-4H3,(H,17,19);3*1-2H3/t12?,13?,14-;;;/m0.../s1. The summed E-state index contributed by atoms with van der Waals surface area (Å²) < 4.78 is 5.64. The minimum atomic E-state index is -0.0170. The largest absolute Gasteiger partial charge is 0.366 e. The van der Waals surface area contributed by atoms with E-state index in [0.717, 1.165) is 26.0 Å². The molecule has 3 atom stereocenters. The third-order valence-electron chi connectivity index (χ3n) is 4.83. The maximum Gasteiger partial charge on any atom is 0.237 e. The van der Waals surface area contributed by atoms with Crippen molar-refractivity contribution in [3.8, 4) is 0 Å². The van der Waals surface area contributed by atoms with E-state index in [1.165, 1.54) is 0 Å². The van der Waals surface area contributed by atoms with Crippen LogP contribution in [0.4, 0.5) is 0 Å². The van der Waals surface area contributed by atoms with Gasteiger partial charge in [-0.15, -0.1) is 6.58 Å². The first-order valence-electron chi connectivity index (χ1n) is 10.7. The lowest BCUT2D eigenvalue weighted by Gasteiger charge is -2.29. The van der Waals surface area contributed by atoms with Gasteiger partial charge in [0.2, 0.25) is 5.91 Å². The molecule has 26 heavy (non-hydrogen) atoms. The summed E-state index contributed by atoms with van der Waals surface area (Å²) >= 11 is 0. The fourth-order valence-corrected chi connectivity index (χ4v) is 3.55. The molecule has 2 fully saturated rings. The topological polar surface area (TPSA) is 41.6 Å². The lowest BCUT2D eigenvalue weighted by molar-refractivity contribution is -0.129. The van der Waals surface area contributed by atoms with Gasteiger partial charge < -0.3 is 10.1 Å². The van der Waals surface area contributed by atoms with Crippen molar-refractivity contribution in [3.05, 3.63) is 12.7 Å². The number of hydrogen-bond donors (Lipinski definition) is 1. The highest BCUT2D eigenvalue weighted by atomic mass is 16.5. The minimum absolute atomic E-state index is 0.0170. The maximum absolute atomic E-state index is 12.4. The van der Waals surface area contributed by atoms with Crippen LogP contribution in [0.25, 0.3) is 0 Å². The van der Waals surface area contributed by atoms with E-state index >= 15 is 0 Å². The zero-order chi connectivity index (χ0) is 20.8. The van der Waals surface area contributed by atoms with Crippen LogP contribution in [0.3, 0.4) is 0 Å². The molecule has 1 aliphatic heterocycles. The molecular weight excluding hydrogens is 324 g/mol. The fraction of sp³-hybridized carbons (Fsp3) is 0.864. The van der Waals surface area contributed by atoms with E-state index in [1.54, 1.807) is 0 Å². The van der Waals surface area contributed by atoms with Gasteiger partial charge in [-0.05, 0) is 30.1 Å². The van der Waals surface area contributed by atoms with Gasteiger partial charge in [-0.1, -0.05) is 68.4 Å². The van der Waals surface area contributed by atoms with Crippen molar-refractivity contribution in [2.45, 2.75) is 81.2 Å². The van der Waals surface area contributed by atoms with Crippen molar-refractivity contribution in [2.24, 2.45) is 17.3 Å². The van der Waals surface area contributed by atoms with Gasteiger partial charge in [0.1, 0.15) is 0 Å². The van der Waals surface area contributed by atoms with Crippen LogP contribution in [0.5, 0.6) is 0 Å². The lowest BCUT2D eigenvalue weighted by Crippen LogP contribution is -2.48. The molecule has 1 saturated carbocycles. The van der Waals surface area contributed by atoms with Crippen molar-refractivity contribution in [1.29, 1.82) is 0 Å². The first kappa shape index (κ1) is 27.3. The summed E-state index contributed by atoms with van der Waals surface area (Å²) in [6, 6.07) is -0.0170. The fourth-order valence-electron chi connectivity index (χ4n) is 3.55. The van der Waals surface area contributed by atoms with E-state index in [2.05, 4.69) is 37.6 Å². The number of amides is 1. The Kier molecular flexibility index (Phi) is 16.0. The zero-order valence-corrected chi connectivity index (χ0v) is 19.0. The Hall–Kier alpha value is -0.870. The number of hydrogen-bond acceptors (Lipinski definition) is 3. The summed E-state index contributed by atoms with van der Waals surface area (Å²) in [6.45, 7) is 25.3.